The van der Waals surface area contributed by atoms with Crippen LogP contribution in [0.25, 0.3) is 21.7 Å². The second-order valence-corrected chi connectivity index (χ2v) is 10.8. The van der Waals surface area contributed by atoms with Gasteiger partial charge in [-0.2, -0.15) is 18.2 Å². The van der Waals surface area contributed by atoms with Crippen molar-refractivity contribution in [3.05, 3.63) is 28.8 Å². The monoisotopic (exact) mass is 510 g/mol. The lowest BCUT2D eigenvalue weighted by atomic mass is 9.88. The van der Waals surface area contributed by atoms with Gasteiger partial charge in [-0.1, -0.05) is 0 Å². The van der Waals surface area contributed by atoms with Crippen LogP contribution in [0, 0.1) is 0 Å². The number of aliphatic hydroxyl groups is 1. The SMILES string of the molecule is CC(O)c1cc(-c2nccs2)c2oc(N3CC4CC(C3)N4C(=O)OC(C)(C)C)nc2c1C(F)(F)F. The summed E-state index contributed by atoms with van der Waals surface area (Å²) in [4.78, 5) is 24.5. The predicted octanol–water partition coefficient (Wildman–Crippen LogP) is 5.22. The average Bonchev–Trinajstić information content (AvgIpc) is 3.40. The van der Waals surface area contributed by atoms with Crippen molar-refractivity contribution >= 4 is 34.5 Å². The molecule has 3 atom stereocenters. The number of hydrogen-bond donors (Lipinski definition) is 1. The fourth-order valence-corrected chi connectivity index (χ4v) is 5.40. The molecule has 1 aromatic carbocycles. The molecule has 3 saturated heterocycles. The van der Waals surface area contributed by atoms with Crippen molar-refractivity contribution in [2.24, 2.45) is 0 Å². The molecule has 188 valence electrons. The Kier molecular flexibility index (Phi) is 5.51. The first-order valence-corrected chi connectivity index (χ1v) is 12.1. The molecule has 6 rings (SSSR count). The third kappa shape index (κ3) is 4.22. The number of benzene rings is 1. The Morgan fingerprint density at radius 1 is 1.29 bits per heavy atom. The molecule has 3 fully saturated rings. The van der Waals surface area contributed by atoms with Gasteiger partial charge in [-0.25, -0.2) is 9.78 Å². The van der Waals surface area contributed by atoms with Crippen LogP contribution < -0.4 is 4.90 Å². The van der Waals surface area contributed by atoms with Crippen LogP contribution in [0.2, 0.25) is 0 Å². The number of rotatable bonds is 3. The van der Waals surface area contributed by atoms with E-state index in [0.29, 0.717) is 23.7 Å². The van der Waals surface area contributed by atoms with Gasteiger partial charge >= 0.3 is 12.3 Å². The molecule has 2 aromatic heterocycles. The van der Waals surface area contributed by atoms with Crippen LogP contribution in [-0.4, -0.2) is 56.8 Å². The van der Waals surface area contributed by atoms with E-state index in [1.165, 1.54) is 24.3 Å². The van der Waals surface area contributed by atoms with E-state index in [-0.39, 0.29) is 34.8 Å². The van der Waals surface area contributed by atoms with Gasteiger partial charge in [0.05, 0.1) is 29.3 Å². The van der Waals surface area contributed by atoms with Gasteiger partial charge in [0.1, 0.15) is 16.1 Å². The highest BCUT2D eigenvalue weighted by Crippen LogP contribution is 2.45. The Labute approximate surface area is 203 Å². The number of amides is 1. The van der Waals surface area contributed by atoms with Gasteiger partial charge in [0.15, 0.2) is 5.58 Å². The van der Waals surface area contributed by atoms with E-state index in [1.807, 2.05) is 0 Å². The van der Waals surface area contributed by atoms with Crippen molar-refractivity contribution in [2.45, 2.75) is 64.1 Å². The molecule has 3 unspecified atom stereocenters. The molecule has 1 amide bonds. The molecule has 12 heteroatoms. The maximum Gasteiger partial charge on any atom is 0.418 e. The summed E-state index contributed by atoms with van der Waals surface area (Å²) in [6.07, 6.45) is -4.20. The summed E-state index contributed by atoms with van der Waals surface area (Å²) in [5.74, 6) is 0. The Bertz CT molecular complexity index is 1250. The van der Waals surface area contributed by atoms with Crippen LogP contribution >= 0.6 is 11.3 Å². The second-order valence-electron chi connectivity index (χ2n) is 9.91. The third-order valence-electron chi connectivity index (χ3n) is 6.15. The number of piperazine rings is 1. The number of ether oxygens (including phenoxy) is 1. The number of halogens is 3. The molecule has 0 radical (unpaired) electrons. The number of piperidine rings is 1. The van der Waals surface area contributed by atoms with Crippen molar-refractivity contribution < 1.29 is 32.2 Å². The smallest absolute Gasteiger partial charge is 0.418 e. The fourth-order valence-electron chi connectivity index (χ4n) is 4.75. The summed E-state index contributed by atoms with van der Waals surface area (Å²) in [5.41, 5.74) is -1.98. The van der Waals surface area contributed by atoms with Crippen LogP contribution in [0.15, 0.2) is 22.1 Å². The molecule has 3 aliphatic heterocycles. The van der Waals surface area contributed by atoms with E-state index >= 15 is 0 Å². The Balaban J connectivity index is 1.54. The van der Waals surface area contributed by atoms with Crippen molar-refractivity contribution in [3.8, 4) is 10.6 Å². The molecule has 3 aliphatic rings. The number of thiazole rings is 1. The van der Waals surface area contributed by atoms with E-state index < -0.39 is 29.5 Å². The minimum Gasteiger partial charge on any atom is -0.444 e. The van der Waals surface area contributed by atoms with Crippen LogP contribution in [0.5, 0.6) is 0 Å². The molecule has 0 aliphatic carbocycles. The molecule has 0 saturated carbocycles. The quantitative estimate of drug-likeness (QED) is 0.516. The molecule has 2 bridgehead atoms. The van der Waals surface area contributed by atoms with E-state index in [9.17, 15) is 23.1 Å². The predicted molar refractivity (Wildman–Crippen MR) is 123 cm³/mol. The highest BCUT2D eigenvalue weighted by molar-refractivity contribution is 7.13. The lowest BCUT2D eigenvalue weighted by molar-refractivity contribution is -0.137. The number of oxazole rings is 1. The van der Waals surface area contributed by atoms with Crippen molar-refractivity contribution in [3.63, 3.8) is 0 Å². The van der Waals surface area contributed by atoms with Crippen molar-refractivity contribution in [1.29, 1.82) is 0 Å². The summed E-state index contributed by atoms with van der Waals surface area (Å²) in [6.45, 7) is 7.40. The normalized spacial score (nSPS) is 21.3. The maximum absolute atomic E-state index is 14.1. The molecular formula is C23H25F3N4O4S. The number of hydrogen-bond acceptors (Lipinski definition) is 8. The minimum absolute atomic E-state index is 0.0325. The number of fused-ring (bicyclic) bond motifs is 3. The van der Waals surface area contributed by atoms with Gasteiger partial charge in [0.25, 0.3) is 6.01 Å². The number of anilines is 1. The molecule has 5 heterocycles. The number of carbonyl (C=O) groups is 1. The fraction of sp³-hybridized carbons (Fsp3) is 0.522. The van der Waals surface area contributed by atoms with Crippen LogP contribution in [0.4, 0.5) is 24.0 Å². The first-order valence-electron chi connectivity index (χ1n) is 11.2. The van der Waals surface area contributed by atoms with E-state index in [4.69, 9.17) is 9.15 Å². The third-order valence-corrected chi connectivity index (χ3v) is 6.96. The highest BCUT2D eigenvalue weighted by Gasteiger charge is 2.50. The number of aromatic nitrogens is 2. The van der Waals surface area contributed by atoms with Gasteiger partial charge < -0.3 is 19.2 Å². The van der Waals surface area contributed by atoms with Crippen molar-refractivity contribution in [2.75, 3.05) is 18.0 Å². The first kappa shape index (κ1) is 23.9. The molecular weight excluding hydrogens is 485 g/mol. The van der Waals surface area contributed by atoms with E-state index in [1.54, 1.807) is 42.1 Å². The summed E-state index contributed by atoms with van der Waals surface area (Å²) in [7, 11) is 0. The molecule has 1 N–H and O–H groups in total. The van der Waals surface area contributed by atoms with Crippen LogP contribution in [-0.2, 0) is 10.9 Å². The maximum atomic E-state index is 14.1. The molecule has 0 spiro atoms. The zero-order valence-electron chi connectivity index (χ0n) is 19.6. The number of alkyl halides is 3. The standard InChI is InChI=1S/C23H25F3N4O4S/c1-11(31)14-8-15(19-27-5-6-35-19)18-17(16(14)23(24,25)26)28-20(33-18)29-9-12-7-13(10-29)30(12)21(32)34-22(2,3)4/h5-6,8,11-13,31H,7,9-10H2,1-4H3. The largest absolute Gasteiger partial charge is 0.444 e. The van der Waals surface area contributed by atoms with Gasteiger partial charge in [-0.3, -0.25) is 4.90 Å². The lowest BCUT2D eigenvalue weighted by Gasteiger charge is -2.55. The Morgan fingerprint density at radius 3 is 2.51 bits per heavy atom. The van der Waals surface area contributed by atoms with E-state index in [0.717, 1.165) is 6.42 Å². The van der Waals surface area contributed by atoms with Crippen LogP contribution in [0.1, 0.15) is 51.3 Å². The summed E-state index contributed by atoms with van der Waals surface area (Å²) >= 11 is 1.25. The summed E-state index contributed by atoms with van der Waals surface area (Å²) < 4.78 is 53.8. The van der Waals surface area contributed by atoms with E-state index in [2.05, 4.69) is 9.97 Å². The zero-order valence-corrected chi connectivity index (χ0v) is 20.4. The molecule has 8 nitrogen and oxygen atoms in total. The highest BCUT2D eigenvalue weighted by atomic mass is 32.1. The first-order chi connectivity index (χ1) is 16.3. The van der Waals surface area contributed by atoms with Gasteiger partial charge in [0.2, 0.25) is 0 Å². The van der Waals surface area contributed by atoms with Crippen molar-refractivity contribution in [1.82, 2.24) is 14.9 Å². The minimum atomic E-state index is -4.75. The number of aliphatic hydroxyl groups excluding tert-OH is 1. The molecule has 3 aromatic rings. The lowest BCUT2D eigenvalue weighted by Crippen LogP contribution is -2.70. The molecule has 35 heavy (non-hydrogen) atoms. The second kappa shape index (κ2) is 8.09. The number of nitrogens with zero attached hydrogens (tertiary/aromatic N) is 4. The van der Waals surface area contributed by atoms with Gasteiger partial charge in [-0.15, -0.1) is 11.3 Å². The van der Waals surface area contributed by atoms with Gasteiger partial charge in [0, 0.05) is 24.7 Å². The zero-order chi connectivity index (χ0) is 25.3. The Hall–Kier alpha value is -2.86. The number of carbonyl (C=O) groups excluding carboxylic acids is 1. The summed E-state index contributed by atoms with van der Waals surface area (Å²) in [5, 5.41) is 12.3. The summed E-state index contributed by atoms with van der Waals surface area (Å²) in [6, 6.07) is 1.03. The topological polar surface area (TPSA) is 91.9 Å². The van der Waals surface area contributed by atoms with Crippen LogP contribution in [0.3, 0.4) is 0 Å². The average molecular weight is 511 g/mol. The van der Waals surface area contributed by atoms with Gasteiger partial charge in [-0.05, 0) is 45.7 Å². The Morgan fingerprint density at radius 2 is 1.97 bits per heavy atom.